The highest BCUT2D eigenvalue weighted by Crippen LogP contribution is 2.65. The van der Waals surface area contributed by atoms with Gasteiger partial charge in [-0.15, -0.1) is 22.8 Å². The smallest absolute Gasteiger partial charge is 0.372 e. The van der Waals surface area contributed by atoms with Crippen LogP contribution < -0.4 is 41.6 Å². The number of benzene rings is 17. The topological polar surface area (TPSA) is 90.3 Å². The lowest BCUT2D eigenvalue weighted by Crippen LogP contribution is -2.72. The van der Waals surface area contributed by atoms with E-state index in [1.807, 2.05) is 6.20 Å². The van der Waals surface area contributed by atoms with Gasteiger partial charge >= 0.3 is 33.9 Å². The summed E-state index contributed by atoms with van der Waals surface area (Å²) in [4.78, 5) is 4.88. The lowest BCUT2D eigenvalue weighted by Gasteiger charge is -2.28. The molecule has 140 heavy (non-hydrogen) atoms. The molecule has 3 spiro atoms. The van der Waals surface area contributed by atoms with Crippen molar-refractivity contribution in [2.75, 3.05) is 0 Å². The first-order chi connectivity index (χ1) is 69.5. The number of aromatic nitrogens is 13. The summed E-state index contributed by atoms with van der Waals surface area (Å²) < 4.78 is 50.9. The third-order valence-electron chi connectivity index (χ3n) is 34.4. The van der Waals surface area contributed by atoms with Crippen LogP contribution in [0.25, 0.3) is 251 Å². The molecule has 636 valence electrons. The molecule has 9 aliphatic heterocycles. The molecule has 0 saturated heterocycles. The predicted octanol–water partition coefficient (Wildman–Crippen LogP) is 24.9. The van der Waals surface area contributed by atoms with Crippen LogP contribution in [-0.4, -0.2) is 31.4 Å². The Morgan fingerprint density at radius 3 is 1.18 bits per heavy atom. The molecule has 41 rings (SSSR count). The number of hydrogen-bond donors (Lipinski definition) is 0. The standard InChI is InChI=1S/C47H24N4O.C42H21N5O.C35H18N4O/c1-2-11-26-25(10-1)24-48-35-18-9-23-49-45(35)39-32(43(26)48)20-22-36-41(39)47(49)42-37(52-36)21-19-31-38-29-14-5-3-12-27(29)28-13-4-6-15-30(28)44(38)50-33-16-7-8-17-34(33)51(47)46(50)40(31)42;1-3-10-24-22(8-1)23-9-2-4-11-25(23)38-33(24)26-15-17-32-37-35(26)41-46(38)28-12-5-6-13-29(28)47(41)42(37)36-31(48-32)18-16-27-34(36)39-30(14-7-20-45(39)42)44-21-19-43-40(27)44;1-2-7-20-19(6-1)18-37-25-12-14-27-31-29(25)33-23(32(20)37)9-5-15-38(33)35(31)30-26(40-27)13-11-22-21-8-3-4-10-24(21)36-16-17-39(35)34(36)28(22)30/h1-24H;1-21H;1-18H/q3*+2. The molecule has 9 aliphatic rings. The van der Waals surface area contributed by atoms with Gasteiger partial charge in [0.15, 0.2) is 40.7 Å². The first kappa shape index (κ1) is 69.0. The molecular formula is C124H63N13O3+6. The van der Waals surface area contributed by atoms with Gasteiger partial charge in [0.25, 0.3) is 0 Å². The van der Waals surface area contributed by atoms with E-state index in [9.17, 15) is 0 Å². The highest BCUT2D eigenvalue weighted by molar-refractivity contribution is 6.36. The third-order valence-corrected chi connectivity index (χ3v) is 34.4. The second kappa shape index (κ2) is 22.3. The van der Waals surface area contributed by atoms with Gasteiger partial charge in [-0.3, -0.25) is 4.40 Å². The summed E-state index contributed by atoms with van der Waals surface area (Å²) in [5.74, 6) is 5.54. The van der Waals surface area contributed by atoms with Crippen molar-refractivity contribution in [1.82, 2.24) is 31.4 Å². The van der Waals surface area contributed by atoms with Crippen LogP contribution in [0.15, 0.2) is 383 Å². The van der Waals surface area contributed by atoms with Crippen molar-refractivity contribution >= 4 is 251 Å². The van der Waals surface area contributed by atoms with Crippen LogP contribution in [0.2, 0.25) is 0 Å². The van der Waals surface area contributed by atoms with Gasteiger partial charge < -0.3 is 23.0 Å². The largest absolute Gasteiger partial charge is 0.456 e. The van der Waals surface area contributed by atoms with Gasteiger partial charge in [0, 0.05) is 118 Å². The van der Waals surface area contributed by atoms with E-state index in [0.717, 1.165) is 51.0 Å². The van der Waals surface area contributed by atoms with Crippen molar-refractivity contribution in [3.63, 3.8) is 0 Å². The van der Waals surface area contributed by atoms with E-state index in [-0.39, 0.29) is 0 Å². The summed E-state index contributed by atoms with van der Waals surface area (Å²) in [6.07, 6.45) is 20.0. The lowest BCUT2D eigenvalue weighted by molar-refractivity contribution is -0.944. The molecule has 17 aromatic carbocycles. The Morgan fingerprint density at radius 2 is 0.607 bits per heavy atom. The van der Waals surface area contributed by atoms with Gasteiger partial charge in [0.1, 0.15) is 114 Å². The fourth-order valence-electron chi connectivity index (χ4n) is 29.9. The zero-order valence-electron chi connectivity index (χ0n) is 73.9. The normalized spacial score (nSPS) is 17.1. The van der Waals surface area contributed by atoms with Crippen molar-refractivity contribution in [3.05, 3.63) is 417 Å². The molecule has 0 bridgehead atoms. The van der Waals surface area contributed by atoms with Crippen LogP contribution >= 0.6 is 0 Å². The molecular weight excluding hydrogens is 1720 g/mol. The summed E-state index contributed by atoms with van der Waals surface area (Å²) in [5, 5.41) is 34.0. The zero-order chi connectivity index (χ0) is 89.3. The van der Waals surface area contributed by atoms with Crippen molar-refractivity contribution in [1.29, 1.82) is 0 Å². The third kappa shape index (κ3) is 6.88. The summed E-state index contributed by atoms with van der Waals surface area (Å²) in [7, 11) is 0. The van der Waals surface area contributed by atoms with Gasteiger partial charge in [0.2, 0.25) is 16.6 Å². The summed E-state index contributed by atoms with van der Waals surface area (Å²) in [6.45, 7) is 0. The van der Waals surface area contributed by atoms with E-state index in [4.69, 9.17) is 19.2 Å². The van der Waals surface area contributed by atoms with Gasteiger partial charge in [-0.2, -0.15) is 17.8 Å². The van der Waals surface area contributed by atoms with Crippen LogP contribution in [0, 0.1) is 0 Å². The maximum atomic E-state index is 7.10. The summed E-state index contributed by atoms with van der Waals surface area (Å²) in [5.41, 5.74) is 28.3. The van der Waals surface area contributed by atoms with Crippen molar-refractivity contribution in [2.24, 2.45) is 0 Å². The predicted molar refractivity (Wildman–Crippen MR) is 548 cm³/mol. The fraction of sp³-hybridized carbons (Fsp3) is 0.0242. The summed E-state index contributed by atoms with van der Waals surface area (Å²) in [6, 6.07) is 120. The second-order valence-electron chi connectivity index (χ2n) is 39.8. The zero-order valence-corrected chi connectivity index (χ0v) is 73.9. The van der Waals surface area contributed by atoms with Crippen LogP contribution in [-0.2, 0) is 17.0 Å². The second-order valence-corrected chi connectivity index (χ2v) is 39.8. The molecule has 0 N–H and O–H groups in total. The summed E-state index contributed by atoms with van der Waals surface area (Å²) >= 11 is 0. The van der Waals surface area contributed by atoms with E-state index in [2.05, 4.69) is 431 Å². The molecule has 3 unspecified atom stereocenters. The van der Waals surface area contributed by atoms with Crippen molar-refractivity contribution in [2.45, 2.75) is 17.0 Å². The van der Waals surface area contributed by atoms with E-state index in [1.54, 1.807) is 0 Å². The Morgan fingerprint density at radius 1 is 0.221 bits per heavy atom. The first-order valence-electron chi connectivity index (χ1n) is 48.3. The van der Waals surface area contributed by atoms with Gasteiger partial charge in [-0.25, -0.2) is 4.98 Å². The van der Waals surface area contributed by atoms with Gasteiger partial charge in [0.05, 0.1) is 54.3 Å². The van der Waals surface area contributed by atoms with Gasteiger partial charge in [-0.1, -0.05) is 188 Å². The molecule has 0 fully saturated rings. The minimum absolute atomic E-state index is 0.562. The fourth-order valence-corrected chi connectivity index (χ4v) is 29.9. The number of ether oxygens (including phenoxy) is 3. The van der Waals surface area contributed by atoms with Gasteiger partial charge in [-0.05, 0) is 154 Å². The molecule has 0 radical (unpaired) electrons. The number of imidazole rings is 4. The monoisotopic (exact) mass is 1780 g/mol. The quantitative estimate of drug-likeness (QED) is 0.112. The van der Waals surface area contributed by atoms with Crippen LogP contribution in [0.5, 0.6) is 34.5 Å². The molecule has 0 amide bonds. The number of pyridine rings is 9. The van der Waals surface area contributed by atoms with Crippen molar-refractivity contribution < 1.29 is 41.6 Å². The number of rotatable bonds is 0. The molecule has 32 aromatic rings. The molecule has 24 heterocycles. The van der Waals surface area contributed by atoms with Crippen LogP contribution in [0.3, 0.4) is 0 Å². The van der Waals surface area contributed by atoms with Crippen LogP contribution in [0.4, 0.5) is 0 Å². The number of hydrogen-bond acceptors (Lipinski definition) is 4. The highest BCUT2D eigenvalue weighted by atomic mass is 16.5. The Balaban J connectivity index is 0.0000000856. The molecule has 3 atom stereocenters. The van der Waals surface area contributed by atoms with E-state index in [0.29, 0.717) is 0 Å². The highest BCUT2D eigenvalue weighted by Gasteiger charge is 2.72. The van der Waals surface area contributed by atoms with E-state index >= 15 is 0 Å². The molecule has 16 nitrogen and oxygen atoms in total. The SMILES string of the molecule is c1ccc2c(c1)c1ccccc1c1c2c2ccc3c4c2c2n1c1ccccc1[n+]2C41c2c(ccc4c2c2c(ccc[n+]21)n1ccnc41)O3.c1ccc2c(c1)cn1c3ccc4c5c3c3c(ccc[n+]3C53c5c(ccc6c7ccccc7n7cc[n+]3c7c56)O4)c21.c1ccc2c(c1)cn1c3ccc[n+]4c3c3c5c(ccc3c21)Oc1ccc2c3c1C54[n+]1c4ccccc4n(c4c5ccccc5c5ccccc5c24)c31. The Bertz CT molecular complexity index is 12100. The number of fused-ring (bicyclic) bond motifs is 38. The minimum atomic E-state index is -0.696. The Kier molecular flexibility index (Phi) is 11.0. The average Bonchev–Trinajstić information content (AvgIpc) is 1.46. The van der Waals surface area contributed by atoms with Crippen LogP contribution in [0.1, 0.15) is 33.4 Å². The molecule has 15 aromatic heterocycles. The minimum Gasteiger partial charge on any atom is -0.456 e. The molecule has 0 aliphatic carbocycles. The first-order valence-corrected chi connectivity index (χ1v) is 48.3. The van der Waals surface area contributed by atoms with Crippen molar-refractivity contribution in [3.8, 4) is 34.5 Å². The average molecular weight is 1780 g/mol. The lowest BCUT2D eigenvalue weighted by atomic mass is 9.84. The maximum absolute atomic E-state index is 7.10. The van der Waals surface area contributed by atoms with E-state index < -0.39 is 17.0 Å². The maximum Gasteiger partial charge on any atom is 0.372 e. The Hall–Kier alpha value is -18.9. The van der Waals surface area contributed by atoms with E-state index in [1.165, 1.54) is 268 Å². The molecule has 16 heteroatoms. The molecule has 0 saturated carbocycles. The number of nitrogens with zero attached hydrogens (tertiary/aromatic N) is 13. The number of para-hydroxylation sites is 5. The Labute approximate surface area is 786 Å².